The molecule has 1 aliphatic carbocycles. The molecule has 0 aliphatic heterocycles. The van der Waals surface area contributed by atoms with Gasteiger partial charge in [-0.15, -0.1) is 0 Å². The van der Waals surface area contributed by atoms with Crippen LogP contribution >= 0.6 is 0 Å². The Morgan fingerprint density at radius 2 is 2.16 bits per heavy atom. The summed E-state index contributed by atoms with van der Waals surface area (Å²) < 4.78 is 0. The topological polar surface area (TPSA) is 58.2 Å². The van der Waals surface area contributed by atoms with Crippen LogP contribution in [0.3, 0.4) is 0 Å². The summed E-state index contributed by atoms with van der Waals surface area (Å²) in [5, 5.41) is 5.84. The van der Waals surface area contributed by atoms with Crippen molar-refractivity contribution in [3.8, 4) is 0 Å². The molecule has 0 heterocycles. The number of hydrogen-bond acceptors (Lipinski definition) is 3. The fourth-order valence-electron chi connectivity index (χ4n) is 2.37. The van der Waals surface area contributed by atoms with Crippen LogP contribution in [0.1, 0.15) is 35.7 Å². The maximum Gasteiger partial charge on any atom is 0.228 e. The van der Waals surface area contributed by atoms with Crippen molar-refractivity contribution in [2.45, 2.75) is 26.2 Å². The van der Waals surface area contributed by atoms with E-state index in [4.69, 9.17) is 0 Å². The highest BCUT2D eigenvalue weighted by Crippen LogP contribution is 2.24. The van der Waals surface area contributed by atoms with Gasteiger partial charge in [-0.3, -0.25) is 9.59 Å². The fourth-order valence-corrected chi connectivity index (χ4v) is 2.37. The van der Waals surface area contributed by atoms with Gasteiger partial charge in [-0.25, -0.2) is 0 Å². The fraction of sp³-hybridized carbons (Fsp3) is 0.467. The molecular formula is C15H20N2O2. The Balaban J connectivity index is 2.12. The van der Waals surface area contributed by atoms with E-state index >= 15 is 0 Å². The molecule has 1 atom stereocenters. The maximum absolute atomic E-state index is 11.9. The van der Waals surface area contributed by atoms with Crippen molar-refractivity contribution in [1.82, 2.24) is 5.32 Å². The van der Waals surface area contributed by atoms with Crippen LogP contribution in [0.4, 0.5) is 5.69 Å². The number of ketones is 1. The molecule has 1 aliphatic rings. The lowest BCUT2D eigenvalue weighted by Gasteiger charge is -2.17. The highest BCUT2D eigenvalue weighted by Gasteiger charge is 2.18. The van der Waals surface area contributed by atoms with Gasteiger partial charge in [0.15, 0.2) is 5.78 Å². The van der Waals surface area contributed by atoms with E-state index in [1.807, 2.05) is 26.1 Å². The van der Waals surface area contributed by atoms with Crippen LogP contribution in [0, 0.1) is 5.92 Å². The van der Waals surface area contributed by atoms with Gasteiger partial charge in [-0.1, -0.05) is 13.0 Å². The van der Waals surface area contributed by atoms with Crippen LogP contribution in [-0.2, 0) is 11.2 Å². The van der Waals surface area contributed by atoms with Crippen molar-refractivity contribution in [1.29, 1.82) is 0 Å². The van der Waals surface area contributed by atoms with E-state index in [1.165, 1.54) is 0 Å². The summed E-state index contributed by atoms with van der Waals surface area (Å²) in [6.07, 6.45) is 2.49. The molecule has 0 aromatic heterocycles. The minimum absolute atomic E-state index is 0.0300. The largest absolute Gasteiger partial charge is 0.326 e. The molecule has 1 amide bonds. The molecule has 0 saturated heterocycles. The van der Waals surface area contributed by atoms with Crippen LogP contribution in [0.2, 0.25) is 0 Å². The summed E-state index contributed by atoms with van der Waals surface area (Å²) in [6, 6.07) is 5.63. The number of benzene rings is 1. The Kier molecular flexibility index (Phi) is 4.32. The minimum atomic E-state index is -0.100. The van der Waals surface area contributed by atoms with Crippen molar-refractivity contribution in [2.75, 3.05) is 18.9 Å². The SMILES string of the molecule is CNCC(C)C(=O)Nc1ccc2c(c1)C(=O)CCC2. The van der Waals surface area contributed by atoms with Gasteiger partial charge in [0.05, 0.1) is 0 Å². The molecule has 2 N–H and O–H groups in total. The first-order chi connectivity index (χ1) is 9.11. The highest BCUT2D eigenvalue weighted by molar-refractivity contribution is 6.00. The van der Waals surface area contributed by atoms with Gasteiger partial charge >= 0.3 is 0 Å². The molecule has 0 radical (unpaired) electrons. The third-order valence-corrected chi connectivity index (χ3v) is 3.49. The number of nitrogens with one attached hydrogen (secondary N) is 2. The average Bonchev–Trinajstić information content (AvgIpc) is 2.40. The molecule has 1 aromatic carbocycles. The summed E-state index contributed by atoms with van der Waals surface area (Å²) in [6.45, 7) is 2.51. The number of anilines is 1. The zero-order valence-corrected chi connectivity index (χ0v) is 11.5. The predicted molar refractivity (Wildman–Crippen MR) is 75.4 cm³/mol. The van der Waals surface area contributed by atoms with Gasteiger partial charge in [-0.2, -0.15) is 0 Å². The van der Waals surface area contributed by atoms with Gasteiger partial charge in [0.1, 0.15) is 0 Å². The normalized spacial score (nSPS) is 15.8. The van der Waals surface area contributed by atoms with E-state index < -0.39 is 0 Å². The second-order valence-electron chi connectivity index (χ2n) is 5.10. The Labute approximate surface area is 113 Å². The minimum Gasteiger partial charge on any atom is -0.326 e. The monoisotopic (exact) mass is 260 g/mol. The van der Waals surface area contributed by atoms with Crippen molar-refractivity contribution >= 4 is 17.4 Å². The van der Waals surface area contributed by atoms with E-state index in [9.17, 15) is 9.59 Å². The molecule has 0 saturated carbocycles. The predicted octanol–water partition coefficient (Wildman–Crippen LogP) is 2.00. The lowest BCUT2D eigenvalue weighted by atomic mass is 9.90. The van der Waals surface area contributed by atoms with Gasteiger partial charge < -0.3 is 10.6 Å². The average molecular weight is 260 g/mol. The number of fused-ring (bicyclic) bond motifs is 1. The quantitative estimate of drug-likeness (QED) is 0.870. The molecule has 0 bridgehead atoms. The van der Waals surface area contributed by atoms with Crippen LogP contribution in [0.25, 0.3) is 0 Å². The van der Waals surface area contributed by atoms with Crippen LogP contribution < -0.4 is 10.6 Å². The molecular weight excluding hydrogens is 240 g/mol. The first-order valence-corrected chi connectivity index (χ1v) is 6.73. The number of carbonyl (C=O) groups excluding carboxylic acids is 2. The lowest BCUT2D eigenvalue weighted by Crippen LogP contribution is -2.28. The number of Topliss-reactive ketones (excluding diaryl/α,β-unsaturated/α-hetero) is 1. The number of hydrogen-bond donors (Lipinski definition) is 2. The van der Waals surface area contributed by atoms with Crippen LogP contribution in [0.15, 0.2) is 18.2 Å². The third-order valence-electron chi connectivity index (χ3n) is 3.49. The van der Waals surface area contributed by atoms with Gasteiger partial charge in [0.2, 0.25) is 5.91 Å². The number of aryl methyl sites for hydroxylation is 1. The van der Waals surface area contributed by atoms with Gasteiger partial charge in [0, 0.05) is 30.1 Å². The summed E-state index contributed by atoms with van der Waals surface area (Å²) >= 11 is 0. The Hall–Kier alpha value is -1.68. The third kappa shape index (κ3) is 3.20. The van der Waals surface area contributed by atoms with Gasteiger partial charge in [-0.05, 0) is 37.6 Å². The van der Waals surface area contributed by atoms with E-state index in [-0.39, 0.29) is 17.6 Å². The zero-order valence-electron chi connectivity index (χ0n) is 11.5. The first kappa shape index (κ1) is 13.7. The second kappa shape index (κ2) is 5.97. The van der Waals surface area contributed by atoms with Crippen LogP contribution in [0.5, 0.6) is 0 Å². The molecule has 4 nitrogen and oxygen atoms in total. The van der Waals surface area contributed by atoms with Gasteiger partial charge in [0.25, 0.3) is 0 Å². The van der Waals surface area contributed by atoms with Crippen LogP contribution in [-0.4, -0.2) is 25.3 Å². The standard InChI is InChI=1S/C15H20N2O2/c1-10(9-16-2)15(19)17-12-7-6-11-4-3-5-14(18)13(11)8-12/h6-8,10,16H,3-5,9H2,1-2H3,(H,17,19). The number of rotatable bonds is 4. The maximum atomic E-state index is 11.9. The summed E-state index contributed by atoms with van der Waals surface area (Å²) in [5.74, 6) is 0.0508. The van der Waals surface area contributed by atoms with Crippen molar-refractivity contribution in [2.24, 2.45) is 5.92 Å². The zero-order chi connectivity index (χ0) is 13.8. The number of carbonyl (C=O) groups is 2. The summed E-state index contributed by atoms with van der Waals surface area (Å²) in [5.41, 5.74) is 2.57. The van der Waals surface area contributed by atoms with Crippen molar-refractivity contribution in [3.63, 3.8) is 0 Å². The van der Waals surface area contributed by atoms with Crippen molar-refractivity contribution in [3.05, 3.63) is 29.3 Å². The van der Waals surface area contributed by atoms with E-state index in [2.05, 4.69) is 10.6 Å². The van der Waals surface area contributed by atoms with Crippen molar-refractivity contribution < 1.29 is 9.59 Å². The molecule has 0 fully saturated rings. The summed E-state index contributed by atoms with van der Waals surface area (Å²) in [4.78, 5) is 23.8. The lowest BCUT2D eigenvalue weighted by molar-refractivity contribution is -0.119. The molecule has 102 valence electrons. The highest BCUT2D eigenvalue weighted by atomic mass is 16.2. The Bertz CT molecular complexity index is 497. The van der Waals surface area contributed by atoms with E-state index in [0.717, 1.165) is 24.0 Å². The molecule has 4 heteroatoms. The second-order valence-corrected chi connectivity index (χ2v) is 5.10. The molecule has 0 spiro atoms. The summed E-state index contributed by atoms with van der Waals surface area (Å²) in [7, 11) is 1.82. The Morgan fingerprint density at radius 3 is 2.89 bits per heavy atom. The first-order valence-electron chi connectivity index (χ1n) is 6.73. The van der Waals surface area contributed by atoms with E-state index in [1.54, 1.807) is 6.07 Å². The molecule has 1 aromatic rings. The smallest absolute Gasteiger partial charge is 0.228 e. The van der Waals surface area contributed by atoms with E-state index in [0.29, 0.717) is 18.7 Å². The molecule has 2 rings (SSSR count). The number of amides is 1. The molecule has 1 unspecified atom stereocenters. The Morgan fingerprint density at radius 1 is 1.37 bits per heavy atom. The molecule has 19 heavy (non-hydrogen) atoms.